The zero-order valence-electron chi connectivity index (χ0n) is 10.5. The first kappa shape index (κ1) is 14.4. The molecule has 15 heavy (non-hydrogen) atoms. The van der Waals surface area contributed by atoms with Crippen molar-refractivity contribution < 1.29 is 4.79 Å². The van der Waals surface area contributed by atoms with Gasteiger partial charge in [0.25, 0.3) is 0 Å². The van der Waals surface area contributed by atoms with Crippen molar-refractivity contribution in [3.63, 3.8) is 0 Å². The molecule has 0 bridgehead atoms. The van der Waals surface area contributed by atoms with Crippen LogP contribution >= 0.6 is 11.3 Å². The van der Waals surface area contributed by atoms with Crippen LogP contribution in [-0.2, 0) is 6.42 Å². The third-order valence-corrected chi connectivity index (χ3v) is 3.17. The molecule has 1 aromatic rings. The van der Waals surface area contributed by atoms with Crippen LogP contribution in [0.1, 0.15) is 60.6 Å². The van der Waals surface area contributed by atoms with E-state index in [0.717, 1.165) is 24.1 Å². The van der Waals surface area contributed by atoms with Crippen LogP contribution in [0.15, 0.2) is 6.07 Å². The van der Waals surface area contributed by atoms with Crippen LogP contribution in [0.2, 0.25) is 0 Å². The van der Waals surface area contributed by atoms with Crippen molar-refractivity contribution in [3.8, 4) is 0 Å². The van der Waals surface area contributed by atoms with E-state index in [4.69, 9.17) is 0 Å². The SMILES string of the molecule is CC.CC.Cc1cc2c(s1)C(=O)CCC2. The van der Waals surface area contributed by atoms with Gasteiger partial charge in [0, 0.05) is 11.3 Å². The first-order valence-electron chi connectivity index (χ1n) is 5.90. The zero-order valence-corrected chi connectivity index (χ0v) is 11.3. The van der Waals surface area contributed by atoms with Crippen molar-refractivity contribution in [1.82, 2.24) is 0 Å². The lowest BCUT2D eigenvalue weighted by atomic mass is 9.98. The molecule has 0 spiro atoms. The highest BCUT2D eigenvalue weighted by Gasteiger charge is 2.18. The molecule has 0 aromatic carbocycles. The second-order valence-corrected chi connectivity index (χ2v) is 4.24. The summed E-state index contributed by atoms with van der Waals surface area (Å²) in [7, 11) is 0. The Morgan fingerprint density at radius 2 is 1.73 bits per heavy atom. The fourth-order valence-electron chi connectivity index (χ4n) is 1.54. The van der Waals surface area contributed by atoms with Gasteiger partial charge in [0.1, 0.15) is 0 Å². The molecular weight excluding hydrogens is 204 g/mol. The average molecular weight is 226 g/mol. The number of aryl methyl sites for hydroxylation is 2. The summed E-state index contributed by atoms with van der Waals surface area (Å²) in [5.41, 5.74) is 1.28. The molecule has 0 fully saturated rings. The molecule has 0 atom stereocenters. The van der Waals surface area contributed by atoms with Crippen LogP contribution < -0.4 is 0 Å². The van der Waals surface area contributed by atoms with Gasteiger partial charge in [0.05, 0.1) is 4.88 Å². The molecule has 0 amide bonds. The van der Waals surface area contributed by atoms with Crippen molar-refractivity contribution >= 4 is 17.1 Å². The van der Waals surface area contributed by atoms with E-state index in [-0.39, 0.29) is 0 Å². The Labute approximate surface area is 97.5 Å². The minimum atomic E-state index is 0.351. The van der Waals surface area contributed by atoms with Gasteiger partial charge in [-0.05, 0) is 31.4 Å². The number of carbonyl (C=O) groups is 1. The predicted octanol–water partition coefficient (Wildman–Crippen LogP) is 4.63. The van der Waals surface area contributed by atoms with Gasteiger partial charge in [-0.15, -0.1) is 11.3 Å². The summed E-state index contributed by atoms with van der Waals surface area (Å²) in [6, 6.07) is 2.15. The molecule has 2 rings (SSSR count). The molecule has 1 nitrogen and oxygen atoms in total. The molecule has 1 heterocycles. The van der Waals surface area contributed by atoms with Gasteiger partial charge in [0.15, 0.2) is 5.78 Å². The summed E-state index contributed by atoms with van der Waals surface area (Å²) in [6.45, 7) is 10.1. The zero-order chi connectivity index (χ0) is 11.8. The van der Waals surface area contributed by atoms with E-state index < -0.39 is 0 Å². The van der Waals surface area contributed by atoms with Crippen molar-refractivity contribution in [2.45, 2.75) is 53.9 Å². The highest BCUT2D eigenvalue weighted by molar-refractivity contribution is 7.14. The quantitative estimate of drug-likeness (QED) is 0.630. The van der Waals surface area contributed by atoms with Gasteiger partial charge < -0.3 is 0 Å². The fraction of sp³-hybridized carbons (Fsp3) is 0.615. The average Bonchev–Trinajstić information content (AvgIpc) is 2.66. The summed E-state index contributed by atoms with van der Waals surface area (Å²) >= 11 is 1.65. The van der Waals surface area contributed by atoms with Crippen LogP contribution in [0.25, 0.3) is 0 Å². The number of carbonyl (C=O) groups excluding carboxylic acids is 1. The van der Waals surface area contributed by atoms with Gasteiger partial charge in [-0.1, -0.05) is 27.7 Å². The van der Waals surface area contributed by atoms with Crippen LogP contribution in [-0.4, -0.2) is 5.78 Å². The molecule has 1 aromatic heterocycles. The summed E-state index contributed by atoms with van der Waals surface area (Å²) in [6.07, 6.45) is 2.90. The number of hydrogen-bond donors (Lipinski definition) is 0. The Kier molecular flexibility index (Phi) is 7.31. The van der Waals surface area contributed by atoms with Crippen LogP contribution in [0.4, 0.5) is 0 Å². The Balaban J connectivity index is 0.000000442. The molecule has 0 unspecified atom stereocenters. The topological polar surface area (TPSA) is 17.1 Å². The first-order chi connectivity index (χ1) is 7.27. The highest BCUT2D eigenvalue weighted by atomic mass is 32.1. The van der Waals surface area contributed by atoms with Gasteiger partial charge >= 0.3 is 0 Å². The lowest BCUT2D eigenvalue weighted by Crippen LogP contribution is -2.06. The van der Waals surface area contributed by atoms with Gasteiger partial charge in [-0.3, -0.25) is 4.79 Å². The molecule has 0 radical (unpaired) electrons. The standard InChI is InChI=1S/C9H10OS.2C2H6/c1-6-5-7-3-2-4-8(10)9(7)11-6;2*1-2/h5H,2-4H2,1H3;2*1-2H3. The molecule has 0 N–H and O–H groups in total. The monoisotopic (exact) mass is 226 g/mol. The van der Waals surface area contributed by atoms with Gasteiger partial charge in [-0.25, -0.2) is 0 Å². The second-order valence-electron chi connectivity index (χ2n) is 2.99. The third kappa shape index (κ3) is 3.78. The first-order valence-corrected chi connectivity index (χ1v) is 6.71. The minimum absolute atomic E-state index is 0.351. The maximum absolute atomic E-state index is 11.3. The van der Waals surface area contributed by atoms with Crippen LogP contribution in [0, 0.1) is 6.92 Å². The molecule has 0 aliphatic heterocycles. The normalized spacial score (nSPS) is 13.0. The second kappa shape index (κ2) is 7.63. The predicted molar refractivity (Wildman–Crippen MR) is 69.0 cm³/mol. The van der Waals surface area contributed by atoms with E-state index in [9.17, 15) is 4.79 Å². The summed E-state index contributed by atoms with van der Waals surface area (Å²) in [5.74, 6) is 0.351. The number of Topliss-reactive ketones (excluding diaryl/α,β-unsaturated/α-hetero) is 1. The maximum Gasteiger partial charge on any atom is 0.173 e. The summed E-state index contributed by atoms with van der Waals surface area (Å²) < 4.78 is 0. The largest absolute Gasteiger partial charge is 0.293 e. The number of ketones is 1. The molecule has 1 aliphatic carbocycles. The van der Waals surface area contributed by atoms with E-state index in [0.29, 0.717) is 5.78 Å². The van der Waals surface area contributed by atoms with Crippen LogP contribution in [0.5, 0.6) is 0 Å². The highest BCUT2D eigenvalue weighted by Crippen LogP contribution is 2.28. The lowest BCUT2D eigenvalue weighted by molar-refractivity contribution is 0.0977. The number of rotatable bonds is 0. The van der Waals surface area contributed by atoms with Crippen LogP contribution in [0.3, 0.4) is 0 Å². The Hall–Kier alpha value is -0.630. The summed E-state index contributed by atoms with van der Waals surface area (Å²) in [4.78, 5) is 13.6. The Morgan fingerprint density at radius 1 is 1.13 bits per heavy atom. The van der Waals surface area contributed by atoms with E-state index >= 15 is 0 Å². The fourth-order valence-corrected chi connectivity index (χ4v) is 2.57. The van der Waals surface area contributed by atoms with Crippen molar-refractivity contribution in [3.05, 3.63) is 21.4 Å². The molecular formula is C13H22OS. The minimum Gasteiger partial charge on any atom is -0.293 e. The molecule has 1 aliphatic rings. The Bertz CT molecular complexity index is 299. The number of thiophene rings is 1. The number of fused-ring (bicyclic) bond motifs is 1. The maximum atomic E-state index is 11.3. The van der Waals surface area contributed by atoms with Crippen molar-refractivity contribution in [2.24, 2.45) is 0 Å². The van der Waals surface area contributed by atoms with E-state index in [1.54, 1.807) is 11.3 Å². The van der Waals surface area contributed by atoms with E-state index in [1.165, 1.54) is 10.4 Å². The van der Waals surface area contributed by atoms with Crippen molar-refractivity contribution in [1.29, 1.82) is 0 Å². The molecule has 2 heteroatoms. The van der Waals surface area contributed by atoms with Crippen molar-refractivity contribution in [2.75, 3.05) is 0 Å². The molecule has 0 saturated carbocycles. The van der Waals surface area contributed by atoms with Gasteiger partial charge in [0.2, 0.25) is 0 Å². The molecule has 0 saturated heterocycles. The lowest BCUT2D eigenvalue weighted by Gasteiger charge is -2.07. The summed E-state index contributed by atoms with van der Waals surface area (Å²) in [5, 5.41) is 0. The number of hydrogen-bond acceptors (Lipinski definition) is 2. The molecule has 86 valence electrons. The van der Waals surface area contributed by atoms with Gasteiger partial charge in [-0.2, -0.15) is 0 Å². The van der Waals surface area contributed by atoms with E-state index in [2.05, 4.69) is 13.0 Å². The third-order valence-electron chi connectivity index (χ3n) is 2.04. The smallest absolute Gasteiger partial charge is 0.173 e. The Morgan fingerprint density at radius 3 is 2.27 bits per heavy atom. The van der Waals surface area contributed by atoms with E-state index in [1.807, 2.05) is 27.7 Å².